The van der Waals surface area contributed by atoms with Gasteiger partial charge in [-0.05, 0) is 7.05 Å². The van der Waals surface area contributed by atoms with Gasteiger partial charge in [-0.1, -0.05) is 0 Å². The van der Waals surface area contributed by atoms with Gasteiger partial charge in [0.05, 0.1) is 6.04 Å². The van der Waals surface area contributed by atoms with E-state index >= 15 is 0 Å². The molecular formula is C9H18FN3. The van der Waals surface area contributed by atoms with Gasteiger partial charge in [0.15, 0.2) is 0 Å². The van der Waals surface area contributed by atoms with Crippen molar-refractivity contribution >= 4 is 0 Å². The topological polar surface area (TPSA) is 18.5 Å². The van der Waals surface area contributed by atoms with Gasteiger partial charge in [-0.3, -0.25) is 4.90 Å². The summed E-state index contributed by atoms with van der Waals surface area (Å²) in [6.45, 7) is 5.54. The minimum atomic E-state index is -0.664. The number of nitrogens with zero attached hydrogens (tertiary/aromatic N) is 2. The van der Waals surface area contributed by atoms with Crippen molar-refractivity contribution in [3.8, 4) is 0 Å². The molecule has 0 saturated carbocycles. The standard InChI is InChI=1S/C9H18FN3/c1-12-2-4-13(5-3-12)9-7-11-6-8(9)10/h8-9,11H,2-7H2,1H3/t8-,9+/m1/s1. The molecule has 2 heterocycles. The van der Waals surface area contributed by atoms with E-state index < -0.39 is 6.17 Å². The first-order chi connectivity index (χ1) is 6.27. The molecule has 0 amide bonds. The van der Waals surface area contributed by atoms with Crippen LogP contribution in [0, 0.1) is 0 Å². The lowest BCUT2D eigenvalue weighted by molar-refractivity contribution is 0.0865. The van der Waals surface area contributed by atoms with Crippen LogP contribution in [0.15, 0.2) is 0 Å². The van der Waals surface area contributed by atoms with Crippen LogP contribution >= 0.6 is 0 Å². The molecule has 2 aliphatic rings. The highest BCUT2D eigenvalue weighted by molar-refractivity contribution is 4.90. The van der Waals surface area contributed by atoms with Crippen LogP contribution < -0.4 is 5.32 Å². The van der Waals surface area contributed by atoms with Crippen LogP contribution in [0.4, 0.5) is 4.39 Å². The van der Waals surface area contributed by atoms with Crippen LogP contribution in [0.3, 0.4) is 0 Å². The number of piperazine rings is 1. The molecule has 2 rings (SSSR count). The van der Waals surface area contributed by atoms with Crippen LogP contribution in [0.5, 0.6) is 0 Å². The smallest absolute Gasteiger partial charge is 0.129 e. The van der Waals surface area contributed by atoms with E-state index in [2.05, 4.69) is 22.2 Å². The molecule has 0 aliphatic carbocycles. The normalized spacial score (nSPS) is 38.3. The van der Waals surface area contributed by atoms with Crippen molar-refractivity contribution in [3.05, 3.63) is 0 Å². The van der Waals surface area contributed by atoms with E-state index in [4.69, 9.17) is 0 Å². The monoisotopic (exact) mass is 187 g/mol. The molecule has 0 aromatic carbocycles. The zero-order chi connectivity index (χ0) is 9.26. The number of nitrogens with one attached hydrogen (secondary N) is 1. The van der Waals surface area contributed by atoms with Gasteiger partial charge in [0.2, 0.25) is 0 Å². The van der Waals surface area contributed by atoms with E-state index in [9.17, 15) is 4.39 Å². The van der Waals surface area contributed by atoms with Crippen molar-refractivity contribution in [2.24, 2.45) is 0 Å². The van der Waals surface area contributed by atoms with Crippen LogP contribution in [0.25, 0.3) is 0 Å². The quantitative estimate of drug-likeness (QED) is 0.599. The lowest BCUT2D eigenvalue weighted by atomic mass is 10.1. The van der Waals surface area contributed by atoms with Crippen LogP contribution in [0.1, 0.15) is 0 Å². The van der Waals surface area contributed by atoms with E-state index in [0.717, 1.165) is 32.7 Å². The van der Waals surface area contributed by atoms with Crippen molar-refractivity contribution in [1.29, 1.82) is 0 Å². The second kappa shape index (κ2) is 3.90. The second-order valence-electron chi connectivity index (χ2n) is 4.08. The maximum atomic E-state index is 13.4. The Morgan fingerprint density at radius 1 is 1.15 bits per heavy atom. The molecule has 2 aliphatic heterocycles. The van der Waals surface area contributed by atoms with Gasteiger partial charge in [-0.25, -0.2) is 4.39 Å². The Hall–Kier alpha value is -0.190. The maximum absolute atomic E-state index is 13.4. The highest BCUT2D eigenvalue weighted by Crippen LogP contribution is 2.14. The van der Waals surface area contributed by atoms with E-state index in [1.165, 1.54) is 0 Å². The average molecular weight is 187 g/mol. The summed E-state index contributed by atoms with van der Waals surface area (Å²) in [5.41, 5.74) is 0. The van der Waals surface area contributed by atoms with Crippen molar-refractivity contribution in [2.45, 2.75) is 12.2 Å². The van der Waals surface area contributed by atoms with Gasteiger partial charge in [-0.2, -0.15) is 0 Å². The van der Waals surface area contributed by atoms with E-state index in [1.54, 1.807) is 0 Å². The Bertz CT molecular complexity index is 168. The number of alkyl halides is 1. The third-order valence-corrected chi connectivity index (χ3v) is 3.12. The summed E-state index contributed by atoms with van der Waals surface area (Å²) in [7, 11) is 2.12. The molecule has 0 aromatic heterocycles. The molecule has 0 radical (unpaired) electrons. The van der Waals surface area contributed by atoms with Gasteiger partial charge >= 0.3 is 0 Å². The third-order valence-electron chi connectivity index (χ3n) is 3.12. The highest BCUT2D eigenvalue weighted by atomic mass is 19.1. The van der Waals surface area contributed by atoms with Crippen molar-refractivity contribution in [1.82, 2.24) is 15.1 Å². The largest absolute Gasteiger partial charge is 0.312 e. The molecule has 2 fully saturated rings. The first kappa shape index (κ1) is 9.37. The van der Waals surface area contributed by atoms with E-state index in [1.807, 2.05) is 0 Å². The summed E-state index contributed by atoms with van der Waals surface area (Å²) in [6, 6.07) is 0.133. The summed E-state index contributed by atoms with van der Waals surface area (Å²) in [6.07, 6.45) is -0.664. The van der Waals surface area contributed by atoms with Crippen LogP contribution in [-0.2, 0) is 0 Å². The average Bonchev–Trinajstić information content (AvgIpc) is 2.53. The van der Waals surface area contributed by atoms with E-state index in [-0.39, 0.29) is 6.04 Å². The molecule has 76 valence electrons. The van der Waals surface area contributed by atoms with Crippen LogP contribution in [-0.4, -0.2) is 68.3 Å². The molecule has 0 unspecified atom stereocenters. The first-order valence-electron chi connectivity index (χ1n) is 5.05. The fourth-order valence-corrected chi connectivity index (χ4v) is 2.14. The zero-order valence-corrected chi connectivity index (χ0v) is 8.17. The molecular weight excluding hydrogens is 169 g/mol. The minimum Gasteiger partial charge on any atom is -0.312 e. The summed E-state index contributed by atoms with van der Waals surface area (Å²) < 4.78 is 13.4. The Balaban J connectivity index is 1.86. The molecule has 13 heavy (non-hydrogen) atoms. The van der Waals surface area contributed by atoms with Gasteiger partial charge in [-0.15, -0.1) is 0 Å². The van der Waals surface area contributed by atoms with Gasteiger partial charge < -0.3 is 10.2 Å². The molecule has 0 spiro atoms. The highest BCUT2D eigenvalue weighted by Gasteiger charge is 2.32. The van der Waals surface area contributed by atoms with Crippen LogP contribution in [0.2, 0.25) is 0 Å². The van der Waals surface area contributed by atoms with E-state index in [0.29, 0.717) is 6.54 Å². The number of halogens is 1. The number of likely N-dealkylation sites (N-methyl/N-ethyl adjacent to an activating group) is 1. The summed E-state index contributed by atoms with van der Waals surface area (Å²) in [4.78, 5) is 4.58. The third kappa shape index (κ3) is 2.00. The van der Waals surface area contributed by atoms with Gasteiger partial charge in [0.1, 0.15) is 6.17 Å². The van der Waals surface area contributed by atoms with Crippen molar-refractivity contribution in [2.75, 3.05) is 46.3 Å². The Morgan fingerprint density at radius 3 is 2.38 bits per heavy atom. The predicted molar refractivity (Wildman–Crippen MR) is 50.6 cm³/mol. The number of hydrogen-bond acceptors (Lipinski definition) is 3. The fraction of sp³-hybridized carbons (Fsp3) is 1.00. The summed E-state index contributed by atoms with van der Waals surface area (Å²) >= 11 is 0. The predicted octanol–water partition coefficient (Wildman–Crippen LogP) is -0.456. The first-order valence-corrected chi connectivity index (χ1v) is 5.05. The molecule has 2 atom stereocenters. The number of hydrogen-bond donors (Lipinski definition) is 1. The Morgan fingerprint density at radius 2 is 1.85 bits per heavy atom. The Labute approximate surface area is 78.9 Å². The van der Waals surface area contributed by atoms with Crippen molar-refractivity contribution < 1.29 is 4.39 Å². The summed E-state index contributed by atoms with van der Waals surface area (Å²) in [5.74, 6) is 0. The lowest BCUT2D eigenvalue weighted by Crippen LogP contribution is -2.52. The Kier molecular flexibility index (Phi) is 2.81. The molecule has 1 N–H and O–H groups in total. The number of rotatable bonds is 1. The molecule has 2 saturated heterocycles. The molecule has 0 bridgehead atoms. The van der Waals surface area contributed by atoms with Crippen molar-refractivity contribution in [3.63, 3.8) is 0 Å². The molecule has 4 heteroatoms. The second-order valence-corrected chi connectivity index (χ2v) is 4.08. The maximum Gasteiger partial charge on any atom is 0.129 e. The lowest BCUT2D eigenvalue weighted by Gasteiger charge is -2.36. The molecule has 3 nitrogen and oxygen atoms in total. The molecule has 0 aromatic rings. The minimum absolute atomic E-state index is 0.133. The van der Waals surface area contributed by atoms with Gasteiger partial charge in [0, 0.05) is 39.3 Å². The van der Waals surface area contributed by atoms with Gasteiger partial charge in [0.25, 0.3) is 0 Å². The SMILES string of the molecule is CN1CCN([C@H]2CNC[C@H]2F)CC1. The zero-order valence-electron chi connectivity index (χ0n) is 8.17. The summed E-state index contributed by atoms with van der Waals surface area (Å²) in [5, 5.41) is 3.10. The fourth-order valence-electron chi connectivity index (χ4n) is 2.14.